The van der Waals surface area contributed by atoms with Crippen LogP contribution in [0.15, 0.2) is 91.0 Å². The molecule has 3 aromatic rings. The number of ether oxygens (including phenoxy) is 3. The zero-order valence-corrected chi connectivity index (χ0v) is 25.4. The molecule has 0 aliphatic rings. The number of benzene rings is 3. The van der Waals surface area contributed by atoms with Crippen LogP contribution in [-0.2, 0) is 43.3 Å². The SMILES string of the molecule is CC(C)(C)[Si](C)(C)O[C@H](COCc1ccccc1)C[C@H](OCc1ccccc1)[C@@H](OCc1ccccc1)C(=O)O. The van der Waals surface area contributed by atoms with E-state index in [-0.39, 0.29) is 24.4 Å². The van der Waals surface area contributed by atoms with Crippen LogP contribution in [0.5, 0.6) is 0 Å². The minimum atomic E-state index is -2.21. The Morgan fingerprint density at radius 3 is 1.65 bits per heavy atom. The van der Waals surface area contributed by atoms with Gasteiger partial charge in [0.05, 0.1) is 38.6 Å². The molecule has 216 valence electrons. The van der Waals surface area contributed by atoms with Gasteiger partial charge < -0.3 is 23.7 Å². The third kappa shape index (κ3) is 10.3. The molecule has 0 bridgehead atoms. The lowest BCUT2D eigenvalue weighted by atomic mass is 10.1. The monoisotopic (exact) mass is 564 g/mol. The van der Waals surface area contributed by atoms with Crippen LogP contribution in [0, 0.1) is 0 Å². The maximum absolute atomic E-state index is 12.5. The van der Waals surface area contributed by atoms with E-state index in [1.807, 2.05) is 91.0 Å². The van der Waals surface area contributed by atoms with Gasteiger partial charge in [-0.3, -0.25) is 0 Å². The van der Waals surface area contributed by atoms with Crippen LogP contribution in [0.25, 0.3) is 0 Å². The van der Waals surface area contributed by atoms with E-state index >= 15 is 0 Å². The third-order valence-electron chi connectivity index (χ3n) is 7.34. The molecule has 3 rings (SSSR count). The van der Waals surface area contributed by atoms with E-state index in [9.17, 15) is 9.90 Å². The summed E-state index contributed by atoms with van der Waals surface area (Å²) in [5.41, 5.74) is 2.93. The van der Waals surface area contributed by atoms with Crippen LogP contribution < -0.4 is 0 Å². The normalized spacial score (nSPS) is 14.4. The number of hydrogen-bond acceptors (Lipinski definition) is 5. The molecule has 0 fully saturated rings. The van der Waals surface area contributed by atoms with Gasteiger partial charge >= 0.3 is 5.97 Å². The van der Waals surface area contributed by atoms with Crippen molar-refractivity contribution in [3.8, 4) is 0 Å². The number of aliphatic carboxylic acids is 1. The Kier molecular flexibility index (Phi) is 12.1. The maximum atomic E-state index is 12.5. The topological polar surface area (TPSA) is 74.2 Å². The van der Waals surface area contributed by atoms with Crippen LogP contribution in [0.1, 0.15) is 43.9 Å². The second-order valence-corrected chi connectivity index (χ2v) is 16.4. The van der Waals surface area contributed by atoms with E-state index in [4.69, 9.17) is 18.6 Å². The van der Waals surface area contributed by atoms with E-state index in [2.05, 4.69) is 33.9 Å². The Balaban J connectivity index is 1.82. The Morgan fingerprint density at radius 1 is 0.750 bits per heavy atom. The lowest BCUT2D eigenvalue weighted by molar-refractivity contribution is -0.167. The maximum Gasteiger partial charge on any atom is 0.335 e. The quantitative estimate of drug-likeness (QED) is 0.185. The molecule has 7 heteroatoms. The van der Waals surface area contributed by atoms with Crippen LogP contribution >= 0.6 is 0 Å². The molecule has 3 atom stereocenters. The molecule has 0 aromatic heterocycles. The molecule has 0 heterocycles. The molecule has 6 nitrogen and oxygen atoms in total. The molecule has 0 unspecified atom stereocenters. The third-order valence-corrected chi connectivity index (χ3v) is 11.9. The fourth-order valence-electron chi connectivity index (χ4n) is 4.04. The summed E-state index contributed by atoms with van der Waals surface area (Å²) in [6, 6.07) is 29.3. The Morgan fingerprint density at radius 2 is 1.20 bits per heavy atom. The highest BCUT2D eigenvalue weighted by atomic mass is 28.4. The van der Waals surface area contributed by atoms with Gasteiger partial charge in [0.2, 0.25) is 0 Å². The molecule has 0 saturated heterocycles. The molecule has 0 radical (unpaired) electrons. The van der Waals surface area contributed by atoms with Gasteiger partial charge in [-0.05, 0) is 34.8 Å². The highest BCUT2D eigenvalue weighted by Gasteiger charge is 2.41. The summed E-state index contributed by atoms with van der Waals surface area (Å²) in [4.78, 5) is 12.5. The van der Waals surface area contributed by atoms with Crippen molar-refractivity contribution in [3.63, 3.8) is 0 Å². The first-order chi connectivity index (χ1) is 19.0. The van der Waals surface area contributed by atoms with Crippen molar-refractivity contribution in [1.82, 2.24) is 0 Å². The average molecular weight is 565 g/mol. The second kappa shape index (κ2) is 15.3. The molecule has 1 N–H and O–H groups in total. The van der Waals surface area contributed by atoms with Gasteiger partial charge in [-0.1, -0.05) is 112 Å². The van der Waals surface area contributed by atoms with Crippen molar-refractivity contribution >= 4 is 14.3 Å². The zero-order valence-electron chi connectivity index (χ0n) is 24.4. The fourth-order valence-corrected chi connectivity index (χ4v) is 5.39. The lowest BCUT2D eigenvalue weighted by Crippen LogP contribution is -2.48. The van der Waals surface area contributed by atoms with E-state index in [0.29, 0.717) is 19.6 Å². The van der Waals surface area contributed by atoms with Crippen LogP contribution in [0.3, 0.4) is 0 Å². The molecular weight excluding hydrogens is 520 g/mol. The second-order valence-electron chi connectivity index (χ2n) is 11.6. The molecule has 0 aliphatic carbocycles. The van der Waals surface area contributed by atoms with Crippen LogP contribution in [-0.4, -0.2) is 44.3 Å². The predicted octanol–water partition coefficient (Wildman–Crippen LogP) is 7.24. The van der Waals surface area contributed by atoms with Gasteiger partial charge in [0.25, 0.3) is 0 Å². The summed E-state index contributed by atoms with van der Waals surface area (Å²) in [5.74, 6) is -1.06. The molecule has 0 aliphatic heterocycles. The summed E-state index contributed by atoms with van der Waals surface area (Å²) >= 11 is 0. The van der Waals surface area contributed by atoms with Crippen molar-refractivity contribution in [2.45, 2.75) is 83.5 Å². The summed E-state index contributed by atoms with van der Waals surface area (Å²) in [7, 11) is -2.21. The average Bonchev–Trinajstić information content (AvgIpc) is 2.92. The molecule has 0 amide bonds. The van der Waals surface area contributed by atoms with E-state index in [1.54, 1.807) is 0 Å². The van der Waals surface area contributed by atoms with Gasteiger partial charge in [0, 0.05) is 6.42 Å². The molecule has 0 saturated carbocycles. The predicted molar refractivity (Wildman–Crippen MR) is 160 cm³/mol. The Bertz CT molecular complexity index is 1130. The number of carbonyl (C=O) groups is 1. The first kappa shape index (κ1) is 31.7. The summed E-state index contributed by atoms with van der Waals surface area (Å²) in [5, 5.41) is 10.2. The van der Waals surface area contributed by atoms with Gasteiger partial charge in [0.15, 0.2) is 14.4 Å². The molecule has 3 aromatic carbocycles. The number of rotatable bonds is 16. The Hall–Kier alpha value is -2.81. The van der Waals surface area contributed by atoms with Gasteiger partial charge in [0.1, 0.15) is 0 Å². The highest BCUT2D eigenvalue weighted by molar-refractivity contribution is 6.74. The largest absolute Gasteiger partial charge is 0.479 e. The van der Waals surface area contributed by atoms with Crippen molar-refractivity contribution in [2.75, 3.05) is 6.61 Å². The van der Waals surface area contributed by atoms with Crippen LogP contribution in [0.4, 0.5) is 0 Å². The van der Waals surface area contributed by atoms with Crippen molar-refractivity contribution in [3.05, 3.63) is 108 Å². The summed E-state index contributed by atoms with van der Waals surface area (Å²) in [6.45, 7) is 12.1. The summed E-state index contributed by atoms with van der Waals surface area (Å²) in [6.07, 6.45) is -1.98. The fraction of sp³-hybridized carbons (Fsp3) is 0.424. The lowest BCUT2D eigenvalue weighted by Gasteiger charge is -2.40. The van der Waals surface area contributed by atoms with E-state index in [0.717, 1.165) is 16.7 Å². The van der Waals surface area contributed by atoms with E-state index in [1.165, 1.54) is 0 Å². The molecule has 0 spiro atoms. The van der Waals surface area contributed by atoms with Gasteiger partial charge in [-0.15, -0.1) is 0 Å². The minimum Gasteiger partial charge on any atom is -0.479 e. The number of hydrogen-bond donors (Lipinski definition) is 1. The van der Waals surface area contributed by atoms with Gasteiger partial charge in [-0.25, -0.2) is 4.79 Å². The molecular formula is C33H44O6Si. The van der Waals surface area contributed by atoms with Crippen molar-refractivity contribution < 1.29 is 28.5 Å². The van der Waals surface area contributed by atoms with Crippen molar-refractivity contribution in [1.29, 1.82) is 0 Å². The first-order valence-corrected chi connectivity index (χ1v) is 16.8. The standard InChI is InChI=1S/C33H44O6Si/c1-33(2,3)40(4,5)39-29(25-36-22-26-15-9-6-10-16-26)21-30(37-23-27-17-11-7-12-18-27)31(32(34)35)38-24-28-19-13-8-14-20-28/h6-20,29-31H,21-25H2,1-5H3,(H,34,35)/t29-,30-,31+/m0/s1. The smallest absolute Gasteiger partial charge is 0.335 e. The minimum absolute atomic E-state index is 0.0267. The van der Waals surface area contributed by atoms with Crippen LogP contribution in [0.2, 0.25) is 18.1 Å². The Labute approximate surface area is 240 Å². The van der Waals surface area contributed by atoms with Gasteiger partial charge in [-0.2, -0.15) is 0 Å². The van der Waals surface area contributed by atoms with Crippen molar-refractivity contribution in [2.24, 2.45) is 0 Å². The number of carboxylic acid groups (broad SMARTS) is 1. The first-order valence-electron chi connectivity index (χ1n) is 13.9. The summed E-state index contributed by atoms with van der Waals surface area (Å²) < 4.78 is 25.2. The van der Waals surface area contributed by atoms with E-state index < -0.39 is 26.5 Å². The molecule has 40 heavy (non-hydrogen) atoms. The number of carboxylic acids is 1. The highest BCUT2D eigenvalue weighted by Crippen LogP contribution is 2.38. The zero-order chi connectivity index (χ0) is 29.0.